The molecule has 1 amide bonds. The zero-order valence-electron chi connectivity index (χ0n) is 11.1. The van der Waals surface area contributed by atoms with Gasteiger partial charge in [-0.3, -0.25) is 9.78 Å². The Balaban J connectivity index is 1.81. The highest BCUT2D eigenvalue weighted by atomic mass is 16.5. The smallest absolute Gasteiger partial charge is 0.255 e. The van der Waals surface area contributed by atoms with Crippen molar-refractivity contribution >= 4 is 11.6 Å². The Morgan fingerprint density at radius 3 is 3.05 bits per heavy atom. The highest BCUT2D eigenvalue weighted by molar-refractivity contribution is 5.99. The number of fused-ring (bicyclic) bond motifs is 1. The van der Waals surface area contributed by atoms with Crippen LogP contribution in [0.1, 0.15) is 27.7 Å². The molecule has 5 nitrogen and oxygen atoms in total. The first-order valence-electron chi connectivity index (χ1n) is 6.40. The van der Waals surface area contributed by atoms with E-state index in [4.69, 9.17) is 10.5 Å². The van der Waals surface area contributed by atoms with Gasteiger partial charge in [-0.15, -0.1) is 0 Å². The van der Waals surface area contributed by atoms with Crippen molar-refractivity contribution in [2.45, 2.75) is 13.0 Å². The molecule has 3 N–H and O–H groups in total. The van der Waals surface area contributed by atoms with Crippen LogP contribution < -0.4 is 15.8 Å². The first-order valence-corrected chi connectivity index (χ1v) is 6.40. The normalized spacial score (nSPS) is 16.4. The lowest BCUT2D eigenvalue weighted by Crippen LogP contribution is -2.30. The number of amides is 1. The van der Waals surface area contributed by atoms with Crippen molar-refractivity contribution < 1.29 is 9.53 Å². The molecule has 1 unspecified atom stereocenters. The molecular formula is C15H15N3O2. The molecular weight excluding hydrogens is 254 g/mol. The van der Waals surface area contributed by atoms with Crippen LogP contribution in [0.15, 0.2) is 36.5 Å². The summed E-state index contributed by atoms with van der Waals surface area (Å²) in [4.78, 5) is 16.4. The zero-order valence-corrected chi connectivity index (χ0v) is 11.1. The fourth-order valence-corrected chi connectivity index (χ4v) is 2.29. The van der Waals surface area contributed by atoms with Crippen molar-refractivity contribution in [2.75, 3.05) is 12.3 Å². The Morgan fingerprint density at radius 1 is 1.45 bits per heavy atom. The van der Waals surface area contributed by atoms with Gasteiger partial charge in [0.15, 0.2) is 0 Å². The number of benzene rings is 1. The van der Waals surface area contributed by atoms with Crippen molar-refractivity contribution in [1.82, 2.24) is 10.3 Å². The molecule has 1 aliphatic heterocycles. The minimum absolute atomic E-state index is 0.153. The third-order valence-corrected chi connectivity index (χ3v) is 3.32. The van der Waals surface area contributed by atoms with Gasteiger partial charge in [0, 0.05) is 23.1 Å². The molecule has 0 spiro atoms. The van der Waals surface area contributed by atoms with E-state index in [1.165, 1.54) is 6.20 Å². The number of hydrogen-bond donors (Lipinski definition) is 2. The van der Waals surface area contributed by atoms with Crippen molar-refractivity contribution in [3.8, 4) is 5.75 Å². The number of carbonyl (C=O) groups excluding carboxylic acids is 1. The van der Waals surface area contributed by atoms with Gasteiger partial charge in [0.1, 0.15) is 12.4 Å². The Kier molecular flexibility index (Phi) is 3.02. The average Bonchev–Trinajstić information content (AvgIpc) is 2.82. The average molecular weight is 269 g/mol. The fraction of sp³-hybridized carbons (Fsp3) is 0.200. The number of aryl methyl sites for hydroxylation is 1. The maximum absolute atomic E-state index is 12.3. The zero-order chi connectivity index (χ0) is 14.1. The quantitative estimate of drug-likeness (QED) is 0.872. The predicted molar refractivity (Wildman–Crippen MR) is 75.5 cm³/mol. The molecule has 20 heavy (non-hydrogen) atoms. The molecule has 0 aliphatic carbocycles. The van der Waals surface area contributed by atoms with Crippen LogP contribution in [-0.4, -0.2) is 17.5 Å². The molecule has 1 aromatic heterocycles. The van der Waals surface area contributed by atoms with Gasteiger partial charge in [-0.1, -0.05) is 18.2 Å². The van der Waals surface area contributed by atoms with Crippen molar-refractivity contribution in [3.63, 3.8) is 0 Å². The van der Waals surface area contributed by atoms with Crippen LogP contribution in [0.5, 0.6) is 5.75 Å². The van der Waals surface area contributed by atoms with E-state index in [0.717, 1.165) is 17.0 Å². The number of aromatic nitrogens is 1. The minimum atomic E-state index is -0.236. The summed E-state index contributed by atoms with van der Waals surface area (Å²) in [5.41, 5.74) is 8.45. The summed E-state index contributed by atoms with van der Waals surface area (Å²) in [6, 6.07) is 9.21. The number of nitrogens with zero attached hydrogens (tertiary/aromatic N) is 1. The molecule has 2 heterocycles. The first-order chi connectivity index (χ1) is 9.65. The van der Waals surface area contributed by atoms with Crippen LogP contribution in [0.25, 0.3) is 0 Å². The van der Waals surface area contributed by atoms with Crippen LogP contribution in [0.2, 0.25) is 0 Å². The topological polar surface area (TPSA) is 77.2 Å². The maximum Gasteiger partial charge on any atom is 0.255 e. The van der Waals surface area contributed by atoms with Crippen LogP contribution >= 0.6 is 0 Å². The molecule has 0 saturated carbocycles. The summed E-state index contributed by atoms with van der Waals surface area (Å²) in [5.74, 6) is 0.577. The Labute approximate surface area is 116 Å². The molecule has 1 aromatic carbocycles. The Morgan fingerprint density at radius 2 is 2.25 bits per heavy atom. The number of nitrogens with two attached hydrogens (primary N) is 1. The summed E-state index contributed by atoms with van der Waals surface area (Å²) in [7, 11) is 0. The second-order valence-electron chi connectivity index (χ2n) is 4.79. The van der Waals surface area contributed by atoms with Crippen molar-refractivity contribution in [1.29, 1.82) is 0 Å². The number of nitrogen functional groups attached to an aromatic ring is 1. The number of rotatable bonds is 2. The Hall–Kier alpha value is -2.56. The number of para-hydroxylation sites is 1. The van der Waals surface area contributed by atoms with Gasteiger partial charge in [-0.05, 0) is 19.1 Å². The lowest BCUT2D eigenvalue weighted by molar-refractivity contribution is 0.0931. The molecule has 1 atom stereocenters. The van der Waals surface area contributed by atoms with E-state index in [1.54, 1.807) is 6.07 Å². The van der Waals surface area contributed by atoms with E-state index in [-0.39, 0.29) is 11.9 Å². The molecule has 2 aromatic rings. The highest BCUT2D eigenvalue weighted by Gasteiger charge is 2.26. The molecule has 0 saturated heterocycles. The van der Waals surface area contributed by atoms with Crippen LogP contribution in [0.4, 0.5) is 5.69 Å². The molecule has 0 fully saturated rings. The Bertz CT molecular complexity index is 670. The van der Waals surface area contributed by atoms with Gasteiger partial charge in [-0.25, -0.2) is 0 Å². The van der Waals surface area contributed by atoms with Gasteiger partial charge < -0.3 is 15.8 Å². The summed E-state index contributed by atoms with van der Waals surface area (Å²) >= 11 is 0. The number of anilines is 1. The van der Waals surface area contributed by atoms with Crippen LogP contribution in [-0.2, 0) is 0 Å². The van der Waals surface area contributed by atoms with E-state index in [1.807, 2.05) is 31.2 Å². The predicted octanol–water partition coefficient (Wildman–Crippen LogP) is 1.84. The number of hydrogen-bond acceptors (Lipinski definition) is 4. The van der Waals surface area contributed by atoms with Gasteiger partial charge in [0.25, 0.3) is 5.91 Å². The molecule has 0 radical (unpaired) electrons. The fourth-order valence-electron chi connectivity index (χ4n) is 2.29. The summed E-state index contributed by atoms with van der Waals surface area (Å²) in [6.45, 7) is 2.27. The van der Waals surface area contributed by atoms with Gasteiger partial charge in [0.05, 0.1) is 11.6 Å². The molecule has 3 rings (SSSR count). The third-order valence-electron chi connectivity index (χ3n) is 3.32. The highest BCUT2D eigenvalue weighted by Crippen LogP contribution is 2.31. The van der Waals surface area contributed by atoms with E-state index in [2.05, 4.69) is 10.3 Å². The van der Waals surface area contributed by atoms with Gasteiger partial charge in [-0.2, -0.15) is 0 Å². The van der Waals surface area contributed by atoms with E-state index in [9.17, 15) is 4.79 Å². The second kappa shape index (κ2) is 4.85. The summed E-state index contributed by atoms with van der Waals surface area (Å²) in [6.07, 6.45) is 1.50. The van der Waals surface area contributed by atoms with E-state index in [0.29, 0.717) is 17.9 Å². The summed E-state index contributed by atoms with van der Waals surface area (Å²) < 4.78 is 5.54. The molecule has 5 heteroatoms. The SMILES string of the molecule is Cc1cc(N)c(C(=O)NC2COc3ccccc32)cn1. The molecule has 0 bridgehead atoms. The first kappa shape index (κ1) is 12.5. The number of carbonyl (C=O) groups is 1. The monoisotopic (exact) mass is 269 g/mol. The van der Waals surface area contributed by atoms with E-state index < -0.39 is 0 Å². The van der Waals surface area contributed by atoms with Crippen molar-refractivity contribution in [2.24, 2.45) is 0 Å². The number of pyridine rings is 1. The lowest BCUT2D eigenvalue weighted by Gasteiger charge is -2.13. The number of ether oxygens (including phenoxy) is 1. The van der Waals surface area contributed by atoms with Gasteiger partial charge >= 0.3 is 0 Å². The maximum atomic E-state index is 12.3. The van der Waals surface area contributed by atoms with Crippen LogP contribution in [0.3, 0.4) is 0 Å². The van der Waals surface area contributed by atoms with E-state index >= 15 is 0 Å². The molecule has 1 aliphatic rings. The number of nitrogens with one attached hydrogen (secondary N) is 1. The molecule has 102 valence electrons. The summed E-state index contributed by atoms with van der Waals surface area (Å²) in [5, 5.41) is 2.93. The van der Waals surface area contributed by atoms with Gasteiger partial charge in [0.2, 0.25) is 0 Å². The third kappa shape index (κ3) is 2.18. The minimum Gasteiger partial charge on any atom is -0.491 e. The lowest BCUT2D eigenvalue weighted by atomic mass is 10.1. The van der Waals surface area contributed by atoms with Crippen molar-refractivity contribution in [3.05, 3.63) is 53.3 Å². The van der Waals surface area contributed by atoms with Crippen LogP contribution in [0, 0.1) is 6.92 Å². The second-order valence-corrected chi connectivity index (χ2v) is 4.79. The largest absolute Gasteiger partial charge is 0.491 e. The standard InChI is InChI=1S/C15H15N3O2/c1-9-6-12(16)11(7-17-9)15(19)18-13-8-20-14-5-3-2-4-10(13)14/h2-7,13H,8H2,1H3,(H2,16,17)(H,18,19).